The number of nitro benzene ring substituents is 1. The molecule has 2 aromatic rings. The normalized spacial score (nSPS) is 11.9. The molecule has 104 valence electrons. The molecule has 1 aromatic heterocycles. The summed E-state index contributed by atoms with van der Waals surface area (Å²) in [6.07, 6.45) is 1.34. The molecule has 0 aliphatic heterocycles. The molecule has 0 aliphatic rings. The van der Waals surface area contributed by atoms with Crippen LogP contribution in [-0.4, -0.2) is 26.0 Å². The zero-order chi connectivity index (χ0) is 14.7. The third-order valence-corrected chi connectivity index (χ3v) is 2.87. The van der Waals surface area contributed by atoms with E-state index in [0.717, 1.165) is 0 Å². The van der Waals surface area contributed by atoms with Crippen LogP contribution in [0.15, 0.2) is 24.5 Å². The first-order valence-electron chi connectivity index (χ1n) is 5.90. The minimum absolute atomic E-state index is 0.118. The molecule has 1 amide bonds. The molecule has 20 heavy (non-hydrogen) atoms. The molecule has 1 aromatic carbocycles. The van der Waals surface area contributed by atoms with Crippen LogP contribution in [0.5, 0.6) is 0 Å². The summed E-state index contributed by atoms with van der Waals surface area (Å²) in [5.74, 6) is 0.122. The van der Waals surface area contributed by atoms with Gasteiger partial charge in [0.25, 0.3) is 11.6 Å². The fourth-order valence-corrected chi connectivity index (χ4v) is 1.73. The zero-order valence-electron chi connectivity index (χ0n) is 11.0. The van der Waals surface area contributed by atoms with Crippen molar-refractivity contribution in [1.82, 2.24) is 20.5 Å². The van der Waals surface area contributed by atoms with Gasteiger partial charge in [0.05, 0.1) is 11.0 Å². The van der Waals surface area contributed by atoms with E-state index in [1.165, 1.54) is 18.5 Å². The number of hydrogen-bond acceptors (Lipinski definition) is 5. The number of nitro groups is 1. The van der Waals surface area contributed by atoms with Crippen LogP contribution in [0, 0.1) is 17.0 Å². The van der Waals surface area contributed by atoms with Crippen LogP contribution in [0.1, 0.15) is 34.7 Å². The number of aromatic amines is 1. The maximum absolute atomic E-state index is 12.2. The Hall–Kier alpha value is -2.77. The van der Waals surface area contributed by atoms with Crippen LogP contribution in [0.4, 0.5) is 5.69 Å². The number of amides is 1. The summed E-state index contributed by atoms with van der Waals surface area (Å²) in [6, 6.07) is 3.80. The standard InChI is InChI=1S/C12H13N5O3/c1-7-3-4-9(17(19)20)5-10(7)12(18)15-8(2)11-13-6-14-16-11/h3-6,8H,1-2H3,(H,15,18)(H,13,14,16). The van der Waals surface area contributed by atoms with E-state index in [1.54, 1.807) is 19.9 Å². The summed E-state index contributed by atoms with van der Waals surface area (Å²) in [7, 11) is 0. The molecule has 0 aliphatic carbocycles. The lowest BCUT2D eigenvalue weighted by molar-refractivity contribution is -0.384. The molecule has 8 nitrogen and oxygen atoms in total. The quantitative estimate of drug-likeness (QED) is 0.648. The summed E-state index contributed by atoms with van der Waals surface area (Å²) in [4.78, 5) is 26.3. The van der Waals surface area contributed by atoms with Crippen LogP contribution in [0.2, 0.25) is 0 Å². The minimum Gasteiger partial charge on any atom is -0.342 e. The molecular weight excluding hydrogens is 262 g/mol. The van der Waals surface area contributed by atoms with Gasteiger partial charge in [0.2, 0.25) is 0 Å². The number of carbonyl (C=O) groups excluding carboxylic acids is 1. The van der Waals surface area contributed by atoms with Gasteiger partial charge < -0.3 is 5.32 Å². The average molecular weight is 275 g/mol. The number of carbonyl (C=O) groups is 1. The van der Waals surface area contributed by atoms with E-state index in [9.17, 15) is 14.9 Å². The van der Waals surface area contributed by atoms with E-state index >= 15 is 0 Å². The molecule has 0 radical (unpaired) electrons. The number of hydrogen-bond donors (Lipinski definition) is 2. The highest BCUT2D eigenvalue weighted by atomic mass is 16.6. The predicted octanol–water partition coefficient (Wildman–Crippen LogP) is 1.51. The molecule has 0 spiro atoms. The van der Waals surface area contributed by atoms with E-state index < -0.39 is 10.8 Å². The van der Waals surface area contributed by atoms with Gasteiger partial charge in [-0.2, -0.15) is 5.10 Å². The highest BCUT2D eigenvalue weighted by Crippen LogP contribution is 2.18. The van der Waals surface area contributed by atoms with Gasteiger partial charge in [0.1, 0.15) is 12.2 Å². The van der Waals surface area contributed by atoms with Crippen molar-refractivity contribution in [3.8, 4) is 0 Å². The highest BCUT2D eigenvalue weighted by molar-refractivity contribution is 5.96. The molecule has 1 atom stereocenters. The van der Waals surface area contributed by atoms with E-state index in [4.69, 9.17) is 0 Å². The van der Waals surface area contributed by atoms with Crippen molar-refractivity contribution in [2.45, 2.75) is 19.9 Å². The molecule has 0 bridgehead atoms. The third-order valence-electron chi connectivity index (χ3n) is 2.87. The highest BCUT2D eigenvalue weighted by Gasteiger charge is 2.18. The van der Waals surface area contributed by atoms with E-state index in [2.05, 4.69) is 20.5 Å². The molecule has 0 fully saturated rings. The average Bonchev–Trinajstić information content (AvgIpc) is 2.92. The number of nitrogens with one attached hydrogen (secondary N) is 2. The van der Waals surface area contributed by atoms with Gasteiger partial charge in [0, 0.05) is 17.7 Å². The van der Waals surface area contributed by atoms with Crippen LogP contribution in [0.25, 0.3) is 0 Å². The maximum atomic E-state index is 12.2. The number of rotatable bonds is 4. The van der Waals surface area contributed by atoms with Gasteiger partial charge in [-0.1, -0.05) is 6.07 Å². The van der Waals surface area contributed by atoms with Gasteiger partial charge in [-0.15, -0.1) is 0 Å². The first-order chi connectivity index (χ1) is 9.49. The minimum atomic E-state index is -0.532. The van der Waals surface area contributed by atoms with Crippen molar-refractivity contribution in [3.63, 3.8) is 0 Å². The predicted molar refractivity (Wildman–Crippen MR) is 70.1 cm³/mol. The Bertz CT molecular complexity index is 639. The van der Waals surface area contributed by atoms with Gasteiger partial charge >= 0.3 is 0 Å². The summed E-state index contributed by atoms with van der Waals surface area (Å²) >= 11 is 0. The molecule has 2 N–H and O–H groups in total. The lowest BCUT2D eigenvalue weighted by Gasteiger charge is -2.12. The summed E-state index contributed by atoms with van der Waals surface area (Å²) in [6.45, 7) is 3.46. The van der Waals surface area contributed by atoms with Gasteiger partial charge in [-0.05, 0) is 19.4 Å². The largest absolute Gasteiger partial charge is 0.342 e. The molecular formula is C12H13N5O3. The first kappa shape index (κ1) is 13.7. The van der Waals surface area contributed by atoms with Crippen molar-refractivity contribution in [3.05, 3.63) is 51.6 Å². The van der Waals surface area contributed by atoms with Crippen molar-refractivity contribution in [2.75, 3.05) is 0 Å². The van der Waals surface area contributed by atoms with Gasteiger partial charge in [-0.25, -0.2) is 4.98 Å². The molecule has 2 rings (SSSR count). The lowest BCUT2D eigenvalue weighted by Crippen LogP contribution is -2.28. The van der Waals surface area contributed by atoms with E-state index in [1.807, 2.05) is 0 Å². The fraction of sp³-hybridized carbons (Fsp3) is 0.250. The third kappa shape index (κ3) is 2.79. The molecule has 1 heterocycles. The number of aryl methyl sites for hydroxylation is 1. The second kappa shape index (κ2) is 5.47. The van der Waals surface area contributed by atoms with Gasteiger partial charge in [-0.3, -0.25) is 20.0 Å². The maximum Gasteiger partial charge on any atom is 0.270 e. The van der Waals surface area contributed by atoms with Crippen molar-refractivity contribution in [1.29, 1.82) is 0 Å². The van der Waals surface area contributed by atoms with Crippen molar-refractivity contribution in [2.24, 2.45) is 0 Å². The number of benzene rings is 1. The van der Waals surface area contributed by atoms with Crippen LogP contribution >= 0.6 is 0 Å². The SMILES string of the molecule is Cc1ccc([N+](=O)[O-])cc1C(=O)NC(C)c1ncn[nH]1. The van der Waals surface area contributed by atoms with Gasteiger partial charge in [0.15, 0.2) is 0 Å². The summed E-state index contributed by atoms with van der Waals surface area (Å²) in [5.41, 5.74) is 0.816. The van der Waals surface area contributed by atoms with Crippen molar-refractivity contribution < 1.29 is 9.72 Å². The Morgan fingerprint density at radius 1 is 1.50 bits per heavy atom. The first-order valence-corrected chi connectivity index (χ1v) is 5.90. The Morgan fingerprint density at radius 2 is 2.25 bits per heavy atom. The Morgan fingerprint density at radius 3 is 2.85 bits per heavy atom. The number of non-ortho nitro benzene ring substituents is 1. The second-order valence-corrected chi connectivity index (χ2v) is 4.32. The van der Waals surface area contributed by atoms with E-state index in [0.29, 0.717) is 11.4 Å². The van der Waals surface area contributed by atoms with Crippen LogP contribution in [-0.2, 0) is 0 Å². The summed E-state index contributed by atoms with van der Waals surface area (Å²) < 4.78 is 0. The molecule has 0 saturated carbocycles. The Kier molecular flexibility index (Phi) is 3.74. The molecule has 1 unspecified atom stereocenters. The molecule has 0 saturated heterocycles. The zero-order valence-corrected chi connectivity index (χ0v) is 11.0. The topological polar surface area (TPSA) is 114 Å². The van der Waals surface area contributed by atoms with Crippen molar-refractivity contribution >= 4 is 11.6 Å². The van der Waals surface area contributed by atoms with Crippen LogP contribution in [0.3, 0.4) is 0 Å². The number of H-pyrrole nitrogens is 1. The number of nitrogens with zero attached hydrogens (tertiary/aromatic N) is 3. The lowest BCUT2D eigenvalue weighted by atomic mass is 10.1. The van der Waals surface area contributed by atoms with E-state index in [-0.39, 0.29) is 17.3 Å². The smallest absolute Gasteiger partial charge is 0.270 e. The molecule has 8 heteroatoms. The van der Waals surface area contributed by atoms with Crippen LogP contribution < -0.4 is 5.32 Å². The summed E-state index contributed by atoms with van der Waals surface area (Å²) in [5, 5.41) is 19.8. The monoisotopic (exact) mass is 275 g/mol. The Balaban J connectivity index is 2.20. The Labute approximate surface area is 114 Å². The fourth-order valence-electron chi connectivity index (χ4n) is 1.73. The number of aromatic nitrogens is 3. The second-order valence-electron chi connectivity index (χ2n) is 4.32.